The molecule has 4 nitrogen and oxygen atoms in total. The molecule has 2 aromatic carbocycles. The van der Waals surface area contributed by atoms with E-state index in [9.17, 15) is 4.79 Å². The molecule has 0 unspecified atom stereocenters. The van der Waals surface area contributed by atoms with Gasteiger partial charge in [-0.25, -0.2) is 0 Å². The van der Waals surface area contributed by atoms with Gasteiger partial charge in [0, 0.05) is 30.4 Å². The molecule has 29 heavy (non-hydrogen) atoms. The molecule has 0 radical (unpaired) electrons. The molecule has 0 spiro atoms. The lowest BCUT2D eigenvalue weighted by Gasteiger charge is -2.26. The summed E-state index contributed by atoms with van der Waals surface area (Å²) in [6.45, 7) is 9.16. The molecule has 2 aliphatic heterocycles. The zero-order valence-corrected chi connectivity index (χ0v) is 17.7. The second kappa shape index (κ2) is 7.94. The number of hydrogen-bond acceptors (Lipinski definition) is 3. The molecule has 1 fully saturated rings. The Kier molecular flexibility index (Phi) is 5.35. The molecule has 0 bridgehead atoms. The van der Waals surface area contributed by atoms with Crippen LogP contribution in [0.3, 0.4) is 0 Å². The van der Waals surface area contributed by atoms with E-state index in [4.69, 9.17) is 0 Å². The van der Waals surface area contributed by atoms with Gasteiger partial charge in [-0.1, -0.05) is 39.0 Å². The molecule has 4 rings (SSSR count). The van der Waals surface area contributed by atoms with Gasteiger partial charge in [0.05, 0.1) is 18.0 Å². The van der Waals surface area contributed by atoms with E-state index in [1.54, 1.807) is 6.08 Å². The predicted molar refractivity (Wildman–Crippen MR) is 122 cm³/mol. The summed E-state index contributed by atoms with van der Waals surface area (Å²) >= 11 is 0. The van der Waals surface area contributed by atoms with Gasteiger partial charge in [0.15, 0.2) is 0 Å². The van der Waals surface area contributed by atoms with E-state index in [0.717, 1.165) is 55.2 Å². The Bertz CT molecular complexity index is 906. The lowest BCUT2D eigenvalue weighted by molar-refractivity contribution is -0.126. The van der Waals surface area contributed by atoms with E-state index in [-0.39, 0.29) is 11.3 Å². The zero-order chi connectivity index (χ0) is 20.4. The highest BCUT2D eigenvalue weighted by Crippen LogP contribution is 2.43. The third-order valence-electron chi connectivity index (χ3n) is 5.84. The van der Waals surface area contributed by atoms with Crippen LogP contribution in [0.1, 0.15) is 51.2 Å². The standard InChI is InChI=1S/C25H31N3O/c1-25(2,3)20-16-19(12-13-23(29)27-14-8-5-9-15-27)24-22(17-20)26-18-28(24)21-10-6-4-7-11-21/h4,6-7,10-13,16-17,26H,5,8-9,14-15,18H2,1-3H3. The van der Waals surface area contributed by atoms with Crippen LogP contribution in [0.15, 0.2) is 48.5 Å². The number of likely N-dealkylation sites (tertiary alicyclic amines) is 1. The highest BCUT2D eigenvalue weighted by atomic mass is 16.2. The van der Waals surface area contributed by atoms with Crippen LogP contribution in [-0.4, -0.2) is 30.6 Å². The highest BCUT2D eigenvalue weighted by Gasteiger charge is 2.26. The number of para-hydroxylation sites is 1. The number of benzene rings is 2. The average Bonchev–Trinajstić information content (AvgIpc) is 3.17. The predicted octanol–water partition coefficient (Wildman–Crippen LogP) is 5.53. The van der Waals surface area contributed by atoms with Crippen LogP contribution in [0.2, 0.25) is 0 Å². The minimum Gasteiger partial charge on any atom is -0.366 e. The van der Waals surface area contributed by atoms with Crippen molar-refractivity contribution in [3.05, 3.63) is 59.7 Å². The molecule has 1 N–H and O–H groups in total. The summed E-state index contributed by atoms with van der Waals surface area (Å²) in [4.78, 5) is 17.0. The van der Waals surface area contributed by atoms with Crippen LogP contribution in [0.5, 0.6) is 0 Å². The number of fused-ring (bicyclic) bond motifs is 1. The largest absolute Gasteiger partial charge is 0.366 e. The Balaban J connectivity index is 1.72. The number of carbonyl (C=O) groups is 1. The Morgan fingerprint density at radius 1 is 1.03 bits per heavy atom. The van der Waals surface area contributed by atoms with Crippen molar-refractivity contribution in [2.45, 2.75) is 45.4 Å². The summed E-state index contributed by atoms with van der Waals surface area (Å²) in [6, 6.07) is 14.9. The molecule has 2 heterocycles. The molecular formula is C25H31N3O. The van der Waals surface area contributed by atoms with Gasteiger partial charge in [0.25, 0.3) is 0 Å². The van der Waals surface area contributed by atoms with Gasteiger partial charge in [0.1, 0.15) is 0 Å². The molecule has 2 aliphatic rings. The number of nitrogens with one attached hydrogen (secondary N) is 1. The minimum atomic E-state index is 0.0380. The molecule has 0 aliphatic carbocycles. The molecule has 0 saturated carbocycles. The molecule has 4 heteroatoms. The highest BCUT2D eigenvalue weighted by molar-refractivity contribution is 5.96. The van der Waals surface area contributed by atoms with E-state index in [1.165, 1.54) is 12.0 Å². The average molecular weight is 390 g/mol. The van der Waals surface area contributed by atoms with Crippen molar-refractivity contribution >= 4 is 29.0 Å². The first-order chi connectivity index (χ1) is 13.9. The molecule has 152 valence electrons. The monoisotopic (exact) mass is 389 g/mol. The smallest absolute Gasteiger partial charge is 0.246 e. The van der Waals surface area contributed by atoms with Gasteiger partial charge < -0.3 is 15.1 Å². The van der Waals surface area contributed by atoms with Crippen LogP contribution >= 0.6 is 0 Å². The van der Waals surface area contributed by atoms with Crippen LogP contribution in [-0.2, 0) is 10.2 Å². The molecule has 2 aromatic rings. The van der Waals surface area contributed by atoms with Gasteiger partial charge in [-0.05, 0) is 60.6 Å². The SMILES string of the molecule is CC(C)(C)c1cc(C=CC(=O)N2CCCCC2)c2c(c1)NCN2c1ccccc1. The molecule has 0 aromatic heterocycles. The zero-order valence-electron chi connectivity index (χ0n) is 17.7. The number of amides is 1. The van der Waals surface area contributed by atoms with Crippen molar-refractivity contribution in [2.75, 3.05) is 30.0 Å². The summed E-state index contributed by atoms with van der Waals surface area (Å²) in [7, 11) is 0. The maximum atomic E-state index is 12.7. The quantitative estimate of drug-likeness (QED) is 0.701. The number of anilines is 3. The van der Waals surface area contributed by atoms with E-state index in [1.807, 2.05) is 17.0 Å². The number of nitrogens with zero attached hydrogens (tertiary/aromatic N) is 2. The van der Waals surface area contributed by atoms with E-state index < -0.39 is 0 Å². The summed E-state index contributed by atoms with van der Waals surface area (Å²) in [5.74, 6) is 0.122. The maximum Gasteiger partial charge on any atom is 0.246 e. The fourth-order valence-corrected chi connectivity index (χ4v) is 4.11. The van der Waals surface area contributed by atoms with E-state index in [2.05, 4.69) is 67.4 Å². The first-order valence-electron chi connectivity index (χ1n) is 10.7. The second-order valence-corrected chi connectivity index (χ2v) is 9.03. The van der Waals surface area contributed by atoms with Crippen molar-refractivity contribution < 1.29 is 4.79 Å². The summed E-state index contributed by atoms with van der Waals surface area (Å²) in [6.07, 6.45) is 7.22. The molecule has 0 atom stereocenters. The van der Waals surface area contributed by atoms with Crippen molar-refractivity contribution in [3.8, 4) is 0 Å². The summed E-state index contributed by atoms with van der Waals surface area (Å²) in [5, 5.41) is 3.55. The number of hydrogen-bond donors (Lipinski definition) is 1. The third kappa shape index (κ3) is 4.16. The van der Waals surface area contributed by atoms with Crippen LogP contribution in [0.4, 0.5) is 17.1 Å². The number of carbonyl (C=O) groups excluding carboxylic acids is 1. The van der Waals surface area contributed by atoms with Gasteiger partial charge in [0.2, 0.25) is 5.91 Å². The minimum absolute atomic E-state index is 0.0380. The van der Waals surface area contributed by atoms with Gasteiger partial charge in [-0.15, -0.1) is 0 Å². The maximum absolute atomic E-state index is 12.7. The molecular weight excluding hydrogens is 358 g/mol. The van der Waals surface area contributed by atoms with Crippen LogP contribution in [0.25, 0.3) is 6.08 Å². The second-order valence-electron chi connectivity index (χ2n) is 9.03. The molecule has 1 saturated heterocycles. The third-order valence-corrected chi connectivity index (χ3v) is 5.84. The summed E-state index contributed by atoms with van der Waals surface area (Å²) in [5.41, 5.74) is 5.82. The normalized spacial score (nSPS) is 16.8. The van der Waals surface area contributed by atoms with Gasteiger partial charge in [-0.2, -0.15) is 0 Å². The van der Waals surface area contributed by atoms with E-state index in [0.29, 0.717) is 0 Å². The Morgan fingerprint density at radius 3 is 2.45 bits per heavy atom. The van der Waals surface area contributed by atoms with Crippen molar-refractivity contribution in [3.63, 3.8) is 0 Å². The van der Waals surface area contributed by atoms with Crippen LogP contribution in [0, 0.1) is 0 Å². The first-order valence-corrected chi connectivity index (χ1v) is 10.7. The fraction of sp³-hybridized carbons (Fsp3) is 0.400. The lowest BCUT2D eigenvalue weighted by Crippen LogP contribution is -2.34. The molecule has 1 amide bonds. The fourth-order valence-electron chi connectivity index (χ4n) is 4.11. The van der Waals surface area contributed by atoms with Crippen molar-refractivity contribution in [2.24, 2.45) is 0 Å². The van der Waals surface area contributed by atoms with E-state index >= 15 is 0 Å². The first kappa shape index (κ1) is 19.6. The number of rotatable bonds is 3. The lowest BCUT2D eigenvalue weighted by atomic mass is 9.85. The Morgan fingerprint density at radius 2 is 1.76 bits per heavy atom. The van der Waals surface area contributed by atoms with Crippen LogP contribution < -0.4 is 10.2 Å². The van der Waals surface area contributed by atoms with Crippen molar-refractivity contribution in [1.82, 2.24) is 4.90 Å². The Hall–Kier alpha value is -2.75. The Labute approximate surface area is 174 Å². The van der Waals surface area contributed by atoms with Gasteiger partial charge in [-0.3, -0.25) is 4.79 Å². The van der Waals surface area contributed by atoms with Gasteiger partial charge >= 0.3 is 0 Å². The van der Waals surface area contributed by atoms with Crippen molar-refractivity contribution in [1.29, 1.82) is 0 Å². The number of piperidine rings is 1. The topological polar surface area (TPSA) is 35.6 Å². The summed E-state index contributed by atoms with van der Waals surface area (Å²) < 4.78 is 0.